The monoisotopic (exact) mass is 311 g/mol. The molecule has 0 heterocycles. The quantitative estimate of drug-likeness (QED) is 0.876. The maximum absolute atomic E-state index is 12.2. The minimum atomic E-state index is -1.14. The normalized spacial score (nSPS) is 18.0. The Balaban J connectivity index is 1.99. The lowest BCUT2D eigenvalue weighted by molar-refractivity contribution is -0.148. The number of ether oxygens (including phenoxy) is 1. The first kappa shape index (κ1) is 15.6. The lowest BCUT2D eigenvalue weighted by Crippen LogP contribution is -2.55. The molecule has 1 atom stereocenters. The molecule has 1 unspecified atom stereocenters. The van der Waals surface area contributed by atoms with Crippen molar-refractivity contribution in [1.82, 2.24) is 5.32 Å². The molecule has 1 amide bonds. The Morgan fingerprint density at radius 1 is 1.29 bits per heavy atom. The fourth-order valence-corrected chi connectivity index (χ4v) is 2.61. The van der Waals surface area contributed by atoms with Crippen molar-refractivity contribution in [3.8, 4) is 5.75 Å². The van der Waals surface area contributed by atoms with E-state index in [0.717, 1.165) is 12.8 Å². The first-order chi connectivity index (χ1) is 9.93. The van der Waals surface area contributed by atoms with E-state index in [9.17, 15) is 14.7 Å². The van der Waals surface area contributed by atoms with Crippen LogP contribution >= 0.6 is 11.6 Å². The van der Waals surface area contributed by atoms with Gasteiger partial charge in [0.1, 0.15) is 11.3 Å². The number of amides is 1. The molecular formula is C15H18ClNO4. The molecule has 1 saturated carbocycles. The van der Waals surface area contributed by atoms with E-state index < -0.39 is 23.5 Å². The molecule has 2 N–H and O–H groups in total. The topological polar surface area (TPSA) is 75.6 Å². The summed E-state index contributed by atoms with van der Waals surface area (Å²) >= 11 is 5.78. The van der Waals surface area contributed by atoms with Crippen LogP contribution < -0.4 is 10.1 Å². The number of rotatable bonds is 5. The standard InChI is InChI=1S/C15H18ClNO4/c1-10(21-12-6-4-11(16)5-7-12)13(18)17-15(14(19)20)8-2-3-9-15/h4-7,10H,2-3,8-9H2,1H3,(H,17,18)(H,19,20). The van der Waals surface area contributed by atoms with Crippen molar-refractivity contribution in [3.63, 3.8) is 0 Å². The number of carbonyl (C=O) groups is 2. The number of nitrogens with one attached hydrogen (secondary N) is 1. The van der Waals surface area contributed by atoms with Gasteiger partial charge in [0, 0.05) is 5.02 Å². The lowest BCUT2D eigenvalue weighted by Gasteiger charge is -2.27. The Morgan fingerprint density at radius 2 is 1.86 bits per heavy atom. The summed E-state index contributed by atoms with van der Waals surface area (Å²) in [6.07, 6.45) is 1.75. The highest BCUT2D eigenvalue weighted by atomic mass is 35.5. The Morgan fingerprint density at radius 3 is 2.38 bits per heavy atom. The second kappa shape index (κ2) is 6.35. The van der Waals surface area contributed by atoms with Crippen LogP contribution in [0.3, 0.4) is 0 Å². The molecule has 2 rings (SSSR count). The van der Waals surface area contributed by atoms with Crippen LogP contribution in [-0.4, -0.2) is 28.6 Å². The van der Waals surface area contributed by atoms with E-state index >= 15 is 0 Å². The Labute approximate surface area is 128 Å². The number of aliphatic carboxylic acids is 1. The third-order valence-electron chi connectivity index (χ3n) is 3.72. The van der Waals surface area contributed by atoms with E-state index in [2.05, 4.69) is 5.32 Å². The summed E-state index contributed by atoms with van der Waals surface area (Å²) in [5, 5.41) is 12.6. The van der Waals surface area contributed by atoms with Crippen molar-refractivity contribution in [1.29, 1.82) is 0 Å². The van der Waals surface area contributed by atoms with Crippen molar-refractivity contribution in [3.05, 3.63) is 29.3 Å². The molecular weight excluding hydrogens is 294 g/mol. The first-order valence-corrected chi connectivity index (χ1v) is 7.28. The number of carboxylic acids is 1. The zero-order valence-corrected chi connectivity index (χ0v) is 12.5. The average molecular weight is 312 g/mol. The summed E-state index contributed by atoms with van der Waals surface area (Å²) in [6.45, 7) is 1.59. The molecule has 1 aliphatic rings. The van der Waals surface area contributed by atoms with Gasteiger partial charge in [-0.25, -0.2) is 4.79 Å². The molecule has 0 saturated heterocycles. The highest BCUT2D eigenvalue weighted by Gasteiger charge is 2.43. The number of carbonyl (C=O) groups excluding carboxylic acids is 1. The molecule has 5 nitrogen and oxygen atoms in total. The largest absolute Gasteiger partial charge is 0.481 e. The van der Waals surface area contributed by atoms with Crippen LogP contribution in [0.2, 0.25) is 5.02 Å². The fourth-order valence-electron chi connectivity index (χ4n) is 2.48. The van der Waals surface area contributed by atoms with E-state index in [1.807, 2.05) is 0 Å². The molecule has 21 heavy (non-hydrogen) atoms. The van der Waals surface area contributed by atoms with Gasteiger partial charge in [0.15, 0.2) is 6.10 Å². The maximum atomic E-state index is 12.2. The lowest BCUT2D eigenvalue weighted by atomic mass is 9.97. The van der Waals surface area contributed by atoms with Gasteiger partial charge < -0.3 is 15.2 Å². The molecule has 1 fully saturated rings. The van der Waals surface area contributed by atoms with Gasteiger partial charge in [-0.3, -0.25) is 4.79 Å². The smallest absolute Gasteiger partial charge is 0.329 e. The molecule has 0 spiro atoms. The van der Waals surface area contributed by atoms with Gasteiger partial charge in [-0.1, -0.05) is 24.4 Å². The van der Waals surface area contributed by atoms with Crippen LogP contribution in [0, 0.1) is 0 Å². The summed E-state index contributed by atoms with van der Waals surface area (Å²) < 4.78 is 5.50. The van der Waals surface area contributed by atoms with E-state index in [1.165, 1.54) is 0 Å². The van der Waals surface area contributed by atoms with Crippen molar-refractivity contribution in [2.75, 3.05) is 0 Å². The van der Waals surface area contributed by atoms with Gasteiger partial charge in [-0.15, -0.1) is 0 Å². The predicted molar refractivity (Wildman–Crippen MR) is 78.5 cm³/mol. The highest BCUT2D eigenvalue weighted by Crippen LogP contribution is 2.30. The number of benzene rings is 1. The molecule has 1 aromatic rings. The van der Waals surface area contributed by atoms with Gasteiger partial charge in [-0.05, 0) is 44.0 Å². The summed E-state index contributed by atoms with van der Waals surface area (Å²) in [4.78, 5) is 23.6. The van der Waals surface area contributed by atoms with Crippen molar-refractivity contribution < 1.29 is 19.4 Å². The van der Waals surface area contributed by atoms with E-state index in [-0.39, 0.29) is 0 Å². The summed E-state index contributed by atoms with van der Waals surface area (Å²) in [5.74, 6) is -0.890. The van der Waals surface area contributed by atoms with Crippen molar-refractivity contribution >= 4 is 23.5 Å². The zero-order chi connectivity index (χ0) is 15.5. The van der Waals surface area contributed by atoms with Crippen LogP contribution in [0.5, 0.6) is 5.75 Å². The highest BCUT2D eigenvalue weighted by molar-refractivity contribution is 6.30. The summed E-state index contributed by atoms with van der Waals surface area (Å²) in [6, 6.07) is 6.65. The Bertz CT molecular complexity index is 523. The number of halogens is 1. The number of hydrogen-bond acceptors (Lipinski definition) is 3. The van der Waals surface area contributed by atoms with E-state index in [4.69, 9.17) is 16.3 Å². The SMILES string of the molecule is CC(Oc1ccc(Cl)cc1)C(=O)NC1(C(=O)O)CCCC1. The minimum Gasteiger partial charge on any atom is -0.481 e. The van der Waals surface area contributed by atoms with E-state index in [0.29, 0.717) is 23.6 Å². The van der Waals surface area contributed by atoms with E-state index in [1.54, 1.807) is 31.2 Å². The van der Waals surface area contributed by atoms with Crippen LogP contribution in [0.4, 0.5) is 0 Å². The van der Waals surface area contributed by atoms with Gasteiger partial charge in [-0.2, -0.15) is 0 Å². The molecule has 1 aromatic carbocycles. The third kappa shape index (κ3) is 3.67. The molecule has 0 aliphatic heterocycles. The van der Waals surface area contributed by atoms with Crippen molar-refractivity contribution in [2.24, 2.45) is 0 Å². The second-order valence-corrected chi connectivity index (χ2v) is 5.73. The molecule has 114 valence electrons. The van der Waals surface area contributed by atoms with Crippen LogP contribution in [0.25, 0.3) is 0 Å². The molecule has 0 radical (unpaired) electrons. The summed E-state index contributed by atoms with van der Waals surface area (Å²) in [7, 11) is 0. The number of carboxylic acid groups (broad SMARTS) is 1. The fraction of sp³-hybridized carbons (Fsp3) is 0.467. The second-order valence-electron chi connectivity index (χ2n) is 5.30. The van der Waals surface area contributed by atoms with Gasteiger partial charge >= 0.3 is 5.97 Å². The van der Waals surface area contributed by atoms with Gasteiger partial charge in [0.25, 0.3) is 5.91 Å². The zero-order valence-electron chi connectivity index (χ0n) is 11.8. The average Bonchev–Trinajstić information content (AvgIpc) is 2.91. The molecule has 6 heteroatoms. The van der Waals surface area contributed by atoms with Crippen LogP contribution in [-0.2, 0) is 9.59 Å². The predicted octanol–water partition coefficient (Wildman–Crippen LogP) is 2.62. The van der Waals surface area contributed by atoms with Gasteiger partial charge in [0.05, 0.1) is 0 Å². The molecule has 1 aliphatic carbocycles. The van der Waals surface area contributed by atoms with Crippen LogP contribution in [0.15, 0.2) is 24.3 Å². The molecule has 0 aromatic heterocycles. The minimum absolute atomic E-state index is 0.422. The Kier molecular flexibility index (Phi) is 4.73. The van der Waals surface area contributed by atoms with Crippen LogP contribution in [0.1, 0.15) is 32.6 Å². The first-order valence-electron chi connectivity index (χ1n) is 6.91. The number of hydrogen-bond donors (Lipinski definition) is 2. The molecule has 0 bridgehead atoms. The third-order valence-corrected chi connectivity index (χ3v) is 3.98. The van der Waals surface area contributed by atoms with Crippen molar-refractivity contribution in [2.45, 2.75) is 44.2 Å². The summed E-state index contributed by atoms with van der Waals surface area (Å²) in [5.41, 5.74) is -1.14. The Hall–Kier alpha value is -1.75. The maximum Gasteiger partial charge on any atom is 0.329 e. The van der Waals surface area contributed by atoms with Gasteiger partial charge in [0.2, 0.25) is 0 Å².